The van der Waals surface area contributed by atoms with Gasteiger partial charge in [0, 0.05) is 38.7 Å². The number of hydrogen-bond donors (Lipinski definition) is 1. The second-order valence-electron chi connectivity index (χ2n) is 8.85. The van der Waals surface area contributed by atoms with E-state index in [1.807, 2.05) is 39.5 Å². The molecule has 1 heterocycles. The van der Waals surface area contributed by atoms with Crippen molar-refractivity contribution in [3.8, 4) is 0 Å². The number of amidine groups is 1. The topological polar surface area (TPSA) is 56.6 Å². The summed E-state index contributed by atoms with van der Waals surface area (Å²) in [5, 5.41) is 8.13. The smallest absolute Gasteiger partial charge is 0.410 e. The predicted molar refractivity (Wildman–Crippen MR) is 122 cm³/mol. The first-order valence-corrected chi connectivity index (χ1v) is 10.7. The van der Waals surface area contributed by atoms with Crippen LogP contribution in [0.15, 0.2) is 35.9 Å². The van der Waals surface area contributed by atoms with Crippen molar-refractivity contribution >= 4 is 11.9 Å². The number of carbonyl (C=O) groups is 1. The number of alkyl halides is 2. The van der Waals surface area contributed by atoms with Crippen molar-refractivity contribution in [2.75, 3.05) is 26.2 Å². The molecule has 0 spiro atoms. The molecule has 0 unspecified atom stereocenters. The van der Waals surface area contributed by atoms with Gasteiger partial charge in [0.05, 0.1) is 0 Å². The van der Waals surface area contributed by atoms with E-state index in [-0.39, 0.29) is 11.7 Å². The molecule has 1 amide bonds. The van der Waals surface area contributed by atoms with Crippen LogP contribution in [-0.2, 0) is 10.7 Å². The van der Waals surface area contributed by atoms with Crippen molar-refractivity contribution in [2.45, 2.75) is 66.4 Å². The van der Waals surface area contributed by atoms with Crippen LogP contribution in [0.2, 0.25) is 0 Å². The van der Waals surface area contributed by atoms with Gasteiger partial charge in [0.1, 0.15) is 11.4 Å². The number of carbonyl (C=O) groups excluding carboxylic acids is 1. The van der Waals surface area contributed by atoms with Crippen LogP contribution in [0.1, 0.15) is 59.1 Å². The molecule has 0 atom stereocenters. The Bertz CT molecular complexity index is 755. The molecule has 0 saturated carbocycles. The molecule has 1 aliphatic rings. The van der Waals surface area contributed by atoms with Crippen LogP contribution in [0.5, 0.6) is 0 Å². The molecule has 1 aromatic rings. The minimum absolute atomic E-state index is 0.0723. The Morgan fingerprint density at radius 3 is 1.97 bits per heavy atom. The molecule has 174 valence electrons. The lowest BCUT2D eigenvalue weighted by molar-refractivity contribution is 0.0170. The van der Waals surface area contributed by atoms with E-state index in [1.54, 1.807) is 17.0 Å². The van der Waals surface area contributed by atoms with E-state index in [0.29, 0.717) is 32.0 Å². The Balaban J connectivity index is 0.000000367. The normalized spacial score (nSPS) is 15.2. The zero-order chi connectivity index (χ0) is 23.8. The summed E-state index contributed by atoms with van der Waals surface area (Å²) in [6, 6.07) is 6.28. The number of nitrogens with zero attached hydrogens (tertiary/aromatic N) is 2. The summed E-state index contributed by atoms with van der Waals surface area (Å²) in [5.41, 5.74) is 1.61. The third kappa shape index (κ3) is 9.49. The van der Waals surface area contributed by atoms with Gasteiger partial charge in [-0.1, -0.05) is 42.8 Å². The Hall–Kier alpha value is -2.44. The average Bonchev–Trinajstić information content (AvgIpc) is 2.66. The number of aryl methyl sites for hydroxylation is 1. The van der Waals surface area contributed by atoms with E-state index in [0.717, 1.165) is 24.5 Å². The fraction of sp³-hybridized carbons (Fsp3) is 0.583. The maximum atomic E-state index is 12.6. The Morgan fingerprint density at radius 1 is 1.06 bits per heavy atom. The molecule has 1 saturated heterocycles. The van der Waals surface area contributed by atoms with Gasteiger partial charge >= 0.3 is 6.09 Å². The van der Waals surface area contributed by atoms with Crippen LogP contribution in [0.3, 0.4) is 0 Å². The zero-order valence-electron chi connectivity index (χ0n) is 19.9. The number of halogens is 2. The predicted octanol–water partition coefficient (Wildman–Crippen LogP) is 5.98. The van der Waals surface area contributed by atoms with Crippen LogP contribution in [0, 0.1) is 12.3 Å². The highest BCUT2D eigenvalue weighted by Crippen LogP contribution is 2.26. The maximum Gasteiger partial charge on any atom is 0.410 e. The van der Waals surface area contributed by atoms with Crippen LogP contribution in [0.25, 0.3) is 0 Å². The highest BCUT2D eigenvalue weighted by Gasteiger charge is 2.27. The molecule has 2 rings (SSSR count). The molecular weight excluding hydrogens is 400 g/mol. The summed E-state index contributed by atoms with van der Waals surface area (Å²) in [7, 11) is 0. The lowest BCUT2D eigenvalue weighted by Crippen LogP contribution is -2.51. The molecular formula is C24H37F2N3O2. The van der Waals surface area contributed by atoms with Crippen LogP contribution in [0.4, 0.5) is 13.6 Å². The summed E-state index contributed by atoms with van der Waals surface area (Å²) in [5.74, 6) is -2.15. The highest BCUT2D eigenvalue weighted by molar-refractivity contribution is 5.95. The molecule has 0 aliphatic carbocycles. The first kappa shape index (κ1) is 26.6. The van der Waals surface area contributed by atoms with Crippen molar-refractivity contribution < 1.29 is 18.3 Å². The number of hydrogen-bond acceptors (Lipinski definition) is 3. The van der Waals surface area contributed by atoms with Gasteiger partial charge in [-0.15, -0.1) is 0 Å². The number of amides is 1. The summed E-state index contributed by atoms with van der Waals surface area (Å²) in [6.45, 7) is 15.0. The van der Waals surface area contributed by atoms with E-state index in [1.165, 1.54) is 12.1 Å². The first-order valence-electron chi connectivity index (χ1n) is 10.7. The highest BCUT2D eigenvalue weighted by atomic mass is 19.3. The fourth-order valence-electron chi connectivity index (χ4n) is 2.94. The molecule has 7 heteroatoms. The molecule has 1 fully saturated rings. The van der Waals surface area contributed by atoms with E-state index < -0.39 is 11.5 Å². The van der Waals surface area contributed by atoms with E-state index in [9.17, 15) is 13.6 Å². The number of nitrogens with one attached hydrogen (secondary N) is 1. The number of piperazine rings is 1. The van der Waals surface area contributed by atoms with Gasteiger partial charge in [-0.25, -0.2) is 13.6 Å². The summed E-state index contributed by atoms with van der Waals surface area (Å²) < 4.78 is 30.5. The molecule has 1 aromatic carbocycles. The minimum Gasteiger partial charge on any atom is -0.444 e. The Morgan fingerprint density at radius 2 is 1.55 bits per heavy atom. The molecule has 0 bridgehead atoms. The van der Waals surface area contributed by atoms with Crippen molar-refractivity contribution in [1.82, 2.24) is 9.80 Å². The Labute approximate surface area is 185 Å². The second kappa shape index (κ2) is 11.3. The SMILES string of the molecule is CC/C=C(/C)C(=N)N1CCN(C(=O)OC(C)(C)C)CC1.Cc1ccc(C(C)(F)F)cc1. The third-order valence-corrected chi connectivity index (χ3v) is 4.69. The first-order chi connectivity index (χ1) is 14.2. The molecule has 5 nitrogen and oxygen atoms in total. The molecule has 31 heavy (non-hydrogen) atoms. The monoisotopic (exact) mass is 437 g/mol. The van der Waals surface area contributed by atoms with Gasteiger partial charge in [-0.3, -0.25) is 5.41 Å². The fourth-order valence-corrected chi connectivity index (χ4v) is 2.94. The van der Waals surface area contributed by atoms with Gasteiger partial charge in [0.15, 0.2) is 0 Å². The van der Waals surface area contributed by atoms with E-state index >= 15 is 0 Å². The summed E-state index contributed by atoms with van der Waals surface area (Å²) >= 11 is 0. The second-order valence-corrected chi connectivity index (χ2v) is 8.85. The van der Waals surface area contributed by atoms with Gasteiger partial charge in [0.25, 0.3) is 5.92 Å². The van der Waals surface area contributed by atoms with E-state index in [4.69, 9.17) is 10.1 Å². The number of ether oxygens (including phenoxy) is 1. The van der Waals surface area contributed by atoms with Crippen molar-refractivity contribution in [3.63, 3.8) is 0 Å². The number of allylic oxidation sites excluding steroid dienone is 1. The standard InChI is InChI=1S/C15H27N3O2.C9H10F2/c1-6-7-12(2)13(16)17-8-10-18(11-9-17)14(19)20-15(3,4)5;1-7-3-5-8(6-4-7)9(2,10)11/h7,16H,6,8-11H2,1-5H3;3-6H,1-2H3/b12-7-,16-13?;. The van der Waals surface area contributed by atoms with Crippen LogP contribution in [-0.4, -0.2) is 53.5 Å². The van der Waals surface area contributed by atoms with Crippen molar-refractivity contribution in [3.05, 3.63) is 47.0 Å². The van der Waals surface area contributed by atoms with Crippen molar-refractivity contribution in [2.24, 2.45) is 0 Å². The van der Waals surface area contributed by atoms with Crippen LogP contribution >= 0.6 is 0 Å². The molecule has 0 radical (unpaired) electrons. The van der Waals surface area contributed by atoms with E-state index in [2.05, 4.69) is 13.0 Å². The quantitative estimate of drug-likeness (QED) is 0.467. The molecule has 1 N–H and O–H groups in total. The molecule has 0 aromatic heterocycles. The third-order valence-electron chi connectivity index (χ3n) is 4.69. The molecule has 1 aliphatic heterocycles. The lowest BCUT2D eigenvalue weighted by atomic mass is 10.1. The van der Waals surface area contributed by atoms with Gasteiger partial charge in [-0.2, -0.15) is 0 Å². The number of rotatable bonds is 3. The van der Waals surface area contributed by atoms with Crippen molar-refractivity contribution in [1.29, 1.82) is 5.41 Å². The lowest BCUT2D eigenvalue weighted by Gasteiger charge is -2.36. The maximum absolute atomic E-state index is 12.6. The minimum atomic E-state index is -2.71. The van der Waals surface area contributed by atoms with Crippen LogP contribution < -0.4 is 0 Å². The van der Waals surface area contributed by atoms with Gasteiger partial charge in [-0.05, 0) is 46.6 Å². The zero-order valence-corrected chi connectivity index (χ0v) is 19.9. The summed E-state index contributed by atoms with van der Waals surface area (Å²) in [6.07, 6.45) is 2.73. The summed E-state index contributed by atoms with van der Waals surface area (Å²) in [4.78, 5) is 15.7. The number of benzene rings is 1. The van der Waals surface area contributed by atoms with Gasteiger partial charge < -0.3 is 14.5 Å². The largest absolute Gasteiger partial charge is 0.444 e. The Kier molecular flexibility index (Phi) is 9.66. The average molecular weight is 438 g/mol. The van der Waals surface area contributed by atoms with Gasteiger partial charge in [0.2, 0.25) is 0 Å².